The zero-order valence-corrected chi connectivity index (χ0v) is 16.0. The van der Waals surface area contributed by atoms with E-state index >= 15 is 0 Å². The van der Waals surface area contributed by atoms with Gasteiger partial charge in [-0.3, -0.25) is 9.59 Å². The van der Waals surface area contributed by atoms with E-state index in [1.165, 1.54) is 6.07 Å². The number of rotatable bonds is 3. The topological polar surface area (TPSA) is 58.6 Å². The lowest BCUT2D eigenvalue weighted by Crippen LogP contribution is -2.41. The maximum atomic E-state index is 13.7. The van der Waals surface area contributed by atoms with Crippen LogP contribution in [0.25, 0.3) is 0 Å². The molecule has 0 bridgehead atoms. The molecule has 0 spiro atoms. The largest absolute Gasteiger partial charge is 0.378 e. The van der Waals surface area contributed by atoms with Crippen molar-refractivity contribution >= 4 is 40.7 Å². The Morgan fingerprint density at radius 2 is 1.81 bits per heavy atom. The number of halogens is 3. The number of benzene rings is 2. The van der Waals surface area contributed by atoms with Gasteiger partial charge in [0.2, 0.25) is 0 Å². The number of anilines is 1. The zero-order chi connectivity index (χ0) is 19.6. The Kier molecular flexibility index (Phi) is 5.99. The molecule has 2 aromatic carbocycles. The molecule has 8 heteroatoms. The van der Waals surface area contributed by atoms with Crippen molar-refractivity contribution in [2.45, 2.75) is 6.92 Å². The molecule has 1 aliphatic heterocycles. The van der Waals surface area contributed by atoms with Crippen LogP contribution in [0.3, 0.4) is 0 Å². The van der Waals surface area contributed by atoms with Gasteiger partial charge in [0.05, 0.1) is 28.8 Å². The number of morpholine rings is 1. The highest BCUT2D eigenvalue weighted by Gasteiger charge is 2.22. The van der Waals surface area contributed by atoms with Gasteiger partial charge in [-0.1, -0.05) is 29.3 Å². The van der Waals surface area contributed by atoms with Crippen LogP contribution in [0.5, 0.6) is 0 Å². The lowest BCUT2D eigenvalue weighted by molar-refractivity contribution is 0.0302. The maximum Gasteiger partial charge on any atom is 0.257 e. The second-order valence-corrected chi connectivity index (χ2v) is 6.90. The number of nitrogens with zero attached hydrogens (tertiary/aromatic N) is 1. The number of carbonyl (C=O) groups excluding carboxylic acids is 2. The van der Waals surface area contributed by atoms with Gasteiger partial charge in [-0.2, -0.15) is 0 Å². The molecule has 5 nitrogen and oxygen atoms in total. The highest BCUT2D eigenvalue weighted by atomic mass is 35.5. The lowest BCUT2D eigenvalue weighted by Gasteiger charge is -2.27. The van der Waals surface area contributed by atoms with E-state index in [4.69, 9.17) is 27.9 Å². The fourth-order valence-electron chi connectivity index (χ4n) is 2.83. The number of nitrogens with one attached hydrogen (secondary N) is 1. The van der Waals surface area contributed by atoms with Gasteiger partial charge in [0, 0.05) is 24.3 Å². The summed E-state index contributed by atoms with van der Waals surface area (Å²) in [6.45, 7) is 3.79. The van der Waals surface area contributed by atoms with Crippen LogP contribution in [0.4, 0.5) is 10.1 Å². The predicted molar refractivity (Wildman–Crippen MR) is 102 cm³/mol. The molecule has 1 heterocycles. The van der Waals surface area contributed by atoms with E-state index in [1.807, 2.05) is 0 Å². The molecule has 0 atom stereocenters. The molecule has 0 radical (unpaired) electrons. The maximum absolute atomic E-state index is 13.7. The van der Waals surface area contributed by atoms with Crippen LogP contribution >= 0.6 is 23.2 Å². The van der Waals surface area contributed by atoms with Crippen LogP contribution in [-0.4, -0.2) is 43.0 Å². The summed E-state index contributed by atoms with van der Waals surface area (Å²) in [5, 5.41) is 2.56. The van der Waals surface area contributed by atoms with Crippen molar-refractivity contribution in [3.05, 3.63) is 62.9 Å². The van der Waals surface area contributed by atoms with Gasteiger partial charge in [0.1, 0.15) is 5.82 Å². The SMILES string of the molecule is Cc1c(NC(=O)c2cc(F)c(Cl)cc2Cl)cccc1C(=O)N1CCOCC1. The highest BCUT2D eigenvalue weighted by Crippen LogP contribution is 2.26. The van der Waals surface area contributed by atoms with Crippen molar-refractivity contribution < 1.29 is 18.7 Å². The zero-order valence-electron chi connectivity index (χ0n) is 14.5. The smallest absolute Gasteiger partial charge is 0.257 e. The standard InChI is InChI=1S/C19H17Cl2FN2O3/c1-11-12(19(26)24-5-7-27-8-6-24)3-2-4-17(11)23-18(25)13-9-16(22)15(21)10-14(13)20/h2-4,9-10H,5-8H2,1H3,(H,23,25). The van der Waals surface area contributed by atoms with E-state index in [1.54, 1.807) is 30.0 Å². The number of amides is 2. The van der Waals surface area contributed by atoms with Crippen molar-refractivity contribution in [2.75, 3.05) is 31.6 Å². The Hall–Kier alpha value is -2.15. The summed E-state index contributed by atoms with van der Waals surface area (Å²) < 4.78 is 18.9. The molecule has 2 aromatic rings. The summed E-state index contributed by atoms with van der Waals surface area (Å²) in [6, 6.07) is 7.22. The first-order chi connectivity index (χ1) is 12.9. The van der Waals surface area contributed by atoms with Gasteiger partial charge in [-0.05, 0) is 36.8 Å². The predicted octanol–water partition coefficient (Wildman–Crippen LogP) is 4.17. The minimum atomic E-state index is -0.737. The van der Waals surface area contributed by atoms with E-state index in [9.17, 15) is 14.0 Å². The van der Waals surface area contributed by atoms with Crippen LogP contribution < -0.4 is 5.32 Å². The summed E-state index contributed by atoms with van der Waals surface area (Å²) in [4.78, 5) is 27.0. The average Bonchev–Trinajstić information content (AvgIpc) is 2.66. The molecule has 1 aliphatic rings. The van der Waals surface area contributed by atoms with Crippen molar-refractivity contribution in [2.24, 2.45) is 0 Å². The Bertz CT molecular complexity index is 899. The van der Waals surface area contributed by atoms with Crippen molar-refractivity contribution in [3.8, 4) is 0 Å². The van der Waals surface area contributed by atoms with E-state index in [0.29, 0.717) is 43.1 Å². The first-order valence-electron chi connectivity index (χ1n) is 8.31. The normalized spacial score (nSPS) is 14.1. The van der Waals surface area contributed by atoms with Crippen LogP contribution in [-0.2, 0) is 4.74 Å². The van der Waals surface area contributed by atoms with Gasteiger partial charge in [-0.15, -0.1) is 0 Å². The number of hydrogen-bond donors (Lipinski definition) is 1. The molecular weight excluding hydrogens is 394 g/mol. The Balaban J connectivity index is 1.84. The average molecular weight is 411 g/mol. The van der Waals surface area contributed by atoms with E-state index < -0.39 is 11.7 Å². The third-order valence-corrected chi connectivity index (χ3v) is 4.97. The molecule has 0 saturated carbocycles. The van der Waals surface area contributed by atoms with Crippen molar-refractivity contribution in [1.82, 2.24) is 4.90 Å². The summed E-state index contributed by atoms with van der Waals surface area (Å²) in [5.41, 5.74) is 1.52. The molecule has 1 N–H and O–H groups in total. The highest BCUT2D eigenvalue weighted by molar-refractivity contribution is 6.37. The van der Waals surface area contributed by atoms with E-state index in [2.05, 4.69) is 5.32 Å². The number of hydrogen-bond acceptors (Lipinski definition) is 3. The van der Waals surface area contributed by atoms with Gasteiger partial charge in [0.15, 0.2) is 0 Å². The second-order valence-electron chi connectivity index (χ2n) is 6.08. The Morgan fingerprint density at radius 1 is 1.11 bits per heavy atom. The first kappa shape index (κ1) is 19.6. The van der Waals surface area contributed by atoms with Crippen LogP contribution in [0.2, 0.25) is 10.0 Å². The summed E-state index contributed by atoms with van der Waals surface area (Å²) in [7, 11) is 0. The van der Waals surface area contributed by atoms with E-state index in [-0.39, 0.29) is 21.5 Å². The van der Waals surface area contributed by atoms with Gasteiger partial charge in [0.25, 0.3) is 11.8 Å². The van der Waals surface area contributed by atoms with Crippen LogP contribution in [0.15, 0.2) is 30.3 Å². The Labute approximate surface area is 166 Å². The quantitative estimate of drug-likeness (QED) is 0.772. The molecule has 27 heavy (non-hydrogen) atoms. The first-order valence-corrected chi connectivity index (χ1v) is 9.06. The van der Waals surface area contributed by atoms with E-state index in [0.717, 1.165) is 6.07 Å². The van der Waals surface area contributed by atoms with Gasteiger partial charge < -0.3 is 15.0 Å². The van der Waals surface area contributed by atoms with Gasteiger partial charge >= 0.3 is 0 Å². The fraction of sp³-hybridized carbons (Fsp3) is 0.263. The monoisotopic (exact) mass is 410 g/mol. The third kappa shape index (κ3) is 4.24. The number of carbonyl (C=O) groups is 2. The Morgan fingerprint density at radius 3 is 2.52 bits per heavy atom. The van der Waals surface area contributed by atoms with Crippen molar-refractivity contribution in [3.63, 3.8) is 0 Å². The van der Waals surface area contributed by atoms with Crippen molar-refractivity contribution in [1.29, 1.82) is 0 Å². The van der Waals surface area contributed by atoms with Crippen LogP contribution in [0.1, 0.15) is 26.3 Å². The molecule has 1 fully saturated rings. The minimum Gasteiger partial charge on any atom is -0.378 e. The van der Waals surface area contributed by atoms with Crippen LogP contribution in [0, 0.1) is 12.7 Å². The fourth-order valence-corrected chi connectivity index (χ4v) is 3.29. The molecule has 3 rings (SSSR count). The summed E-state index contributed by atoms with van der Waals surface area (Å²) >= 11 is 11.7. The molecule has 0 aromatic heterocycles. The minimum absolute atomic E-state index is 0.0390. The molecular formula is C19H17Cl2FN2O3. The molecule has 0 unspecified atom stereocenters. The lowest BCUT2D eigenvalue weighted by atomic mass is 10.0. The second kappa shape index (κ2) is 8.25. The summed E-state index contributed by atoms with van der Waals surface area (Å²) in [6.07, 6.45) is 0. The third-order valence-electron chi connectivity index (χ3n) is 4.37. The molecule has 0 aliphatic carbocycles. The molecule has 1 saturated heterocycles. The number of ether oxygens (including phenoxy) is 1. The molecule has 142 valence electrons. The summed E-state index contributed by atoms with van der Waals surface area (Å²) in [5.74, 6) is -1.45. The molecule has 2 amide bonds. The van der Waals surface area contributed by atoms with Gasteiger partial charge in [-0.25, -0.2) is 4.39 Å².